The third kappa shape index (κ3) is 4.26. The summed E-state index contributed by atoms with van der Waals surface area (Å²) in [6, 6.07) is 0. The van der Waals surface area contributed by atoms with Gasteiger partial charge in [-0.15, -0.1) is 0 Å². The Morgan fingerprint density at radius 1 is 1.39 bits per heavy atom. The van der Waals surface area contributed by atoms with Gasteiger partial charge in [-0.25, -0.2) is 9.97 Å². The fraction of sp³-hybridized carbons (Fsp3) is 0.714. The van der Waals surface area contributed by atoms with Gasteiger partial charge in [-0.3, -0.25) is 0 Å². The first-order chi connectivity index (χ1) is 8.74. The van der Waals surface area contributed by atoms with Crippen LogP contribution in [-0.2, 0) is 6.42 Å². The molecule has 1 aromatic rings. The fourth-order valence-corrected chi connectivity index (χ4v) is 2.37. The lowest BCUT2D eigenvalue weighted by Crippen LogP contribution is -2.13. The van der Waals surface area contributed by atoms with E-state index in [2.05, 4.69) is 34.4 Å². The molecule has 0 aromatic carbocycles. The number of nitrogens with zero attached hydrogens (tertiary/aromatic N) is 2. The SMILES string of the molecule is CC(C)Cc1cnc(NCCC2CCNC2)nc1. The monoisotopic (exact) mass is 248 g/mol. The minimum absolute atomic E-state index is 0.655. The normalized spacial score (nSPS) is 19.4. The largest absolute Gasteiger partial charge is 0.354 e. The van der Waals surface area contributed by atoms with Crippen molar-refractivity contribution < 1.29 is 0 Å². The van der Waals surface area contributed by atoms with Crippen LogP contribution in [0.5, 0.6) is 0 Å². The summed E-state index contributed by atoms with van der Waals surface area (Å²) in [5, 5.41) is 6.69. The second kappa shape index (κ2) is 6.69. The predicted octanol–water partition coefficient (Wildman–Crippen LogP) is 2.09. The van der Waals surface area contributed by atoms with Gasteiger partial charge < -0.3 is 10.6 Å². The number of nitrogens with one attached hydrogen (secondary N) is 2. The Morgan fingerprint density at radius 3 is 2.78 bits per heavy atom. The van der Waals surface area contributed by atoms with Crippen LogP contribution in [0.25, 0.3) is 0 Å². The Kier molecular flexibility index (Phi) is 4.93. The van der Waals surface area contributed by atoms with Crippen LogP contribution >= 0.6 is 0 Å². The maximum Gasteiger partial charge on any atom is 0.222 e. The Bertz CT molecular complexity index is 341. The standard InChI is InChI=1S/C14H24N4/c1-11(2)7-13-9-17-14(18-10-13)16-6-4-12-3-5-15-8-12/h9-12,15H,3-8H2,1-2H3,(H,16,17,18). The highest BCUT2D eigenvalue weighted by Crippen LogP contribution is 2.12. The van der Waals surface area contributed by atoms with E-state index in [1.807, 2.05) is 12.4 Å². The average Bonchev–Trinajstić information content (AvgIpc) is 2.84. The van der Waals surface area contributed by atoms with E-state index < -0.39 is 0 Å². The second-order valence-corrected chi connectivity index (χ2v) is 5.59. The first-order valence-corrected chi connectivity index (χ1v) is 6.99. The molecule has 1 atom stereocenters. The molecule has 0 radical (unpaired) electrons. The minimum atomic E-state index is 0.655. The third-order valence-corrected chi connectivity index (χ3v) is 3.35. The van der Waals surface area contributed by atoms with E-state index in [4.69, 9.17) is 0 Å². The molecule has 1 aliphatic heterocycles. The van der Waals surface area contributed by atoms with Gasteiger partial charge in [0.1, 0.15) is 0 Å². The first-order valence-electron chi connectivity index (χ1n) is 6.99. The summed E-state index contributed by atoms with van der Waals surface area (Å²) in [6.07, 6.45) is 7.42. The van der Waals surface area contributed by atoms with Crippen molar-refractivity contribution in [2.45, 2.75) is 33.1 Å². The molecular formula is C14H24N4. The molecule has 1 aliphatic rings. The van der Waals surface area contributed by atoms with E-state index in [0.717, 1.165) is 31.4 Å². The molecule has 2 rings (SSSR count). The van der Waals surface area contributed by atoms with Crippen LogP contribution in [0.3, 0.4) is 0 Å². The van der Waals surface area contributed by atoms with Gasteiger partial charge in [0.05, 0.1) is 0 Å². The quantitative estimate of drug-likeness (QED) is 0.809. The van der Waals surface area contributed by atoms with Gasteiger partial charge in [0.2, 0.25) is 5.95 Å². The second-order valence-electron chi connectivity index (χ2n) is 5.59. The Balaban J connectivity index is 1.72. The summed E-state index contributed by atoms with van der Waals surface area (Å²) in [5.41, 5.74) is 1.22. The molecule has 0 amide bonds. The molecule has 1 aromatic heterocycles. The van der Waals surface area contributed by atoms with E-state index in [9.17, 15) is 0 Å². The van der Waals surface area contributed by atoms with Crippen molar-refractivity contribution >= 4 is 5.95 Å². The molecule has 1 fully saturated rings. The van der Waals surface area contributed by atoms with Crippen LogP contribution in [-0.4, -0.2) is 29.6 Å². The van der Waals surface area contributed by atoms with Gasteiger partial charge in [0.15, 0.2) is 0 Å². The van der Waals surface area contributed by atoms with Gasteiger partial charge in [-0.2, -0.15) is 0 Å². The van der Waals surface area contributed by atoms with Crippen molar-refractivity contribution in [3.05, 3.63) is 18.0 Å². The summed E-state index contributed by atoms with van der Waals surface area (Å²) in [7, 11) is 0. The number of aromatic nitrogens is 2. The van der Waals surface area contributed by atoms with Crippen LogP contribution in [0.1, 0.15) is 32.3 Å². The van der Waals surface area contributed by atoms with Gasteiger partial charge >= 0.3 is 0 Å². The smallest absolute Gasteiger partial charge is 0.222 e. The van der Waals surface area contributed by atoms with Crippen molar-refractivity contribution in [2.75, 3.05) is 25.0 Å². The van der Waals surface area contributed by atoms with Crippen molar-refractivity contribution in [3.63, 3.8) is 0 Å². The van der Waals surface area contributed by atoms with Crippen LogP contribution in [0.2, 0.25) is 0 Å². The van der Waals surface area contributed by atoms with E-state index in [1.54, 1.807) is 0 Å². The number of rotatable bonds is 6. The van der Waals surface area contributed by atoms with Crippen molar-refractivity contribution in [1.82, 2.24) is 15.3 Å². The summed E-state index contributed by atoms with van der Waals surface area (Å²) in [4.78, 5) is 8.72. The lowest BCUT2D eigenvalue weighted by atomic mass is 10.1. The molecule has 0 spiro atoms. The molecule has 1 unspecified atom stereocenters. The van der Waals surface area contributed by atoms with Gasteiger partial charge in [-0.05, 0) is 49.8 Å². The fourth-order valence-electron chi connectivity index (χ4n) is 2.37. The van der Waals surface area contributed by atoms with E-state index >= 15 is 0 Å². The zero-order valence-corrected chi connectivity index (χ0v) is 11.4. The van der Waals surface area contributed by atoms with Gasteiger partial charge in [0.25, 0.3) is 0 Å². The number of hydrogen-bond donors (Lipinski definition) is 2. The Morgan fingerprint density at radius 2 is 2.17 bits per heavy atom. The highest BCUT2D eigenvalue weighted by atomic mass is 15.1. The number of anilines is 1. The molecule has 100 valence electrons. The number of hydrogen-bond acceptors (Lipinski definition) is 4. The molecule has 2 heterocycles. The van der Waals surface area contributed by atoms with Gasteiger partial charge in [-0.1, -0.05) is 13.8 Å². The van der Waals surface area contributed by atoms with E-state index in [0.29, 0.717) is 5.92 Å². The molecule has 1 saturated heterocycles. The highest BCUT2D eigenvalue weighted by Gasteiger charge is 2.13. The third-order valence-electron chi connectivity index (χ3n) is 3.35. The van der Waals surface area contributed by atoms with Crippen LogP contribution in [0, 0.1) is 11.8 Å². The van der Waals surface area contributed by atoms with Gasteiger partial charge in [0, 0.05) is 18.9 Å². The molecule has 4 nitrogen and oxygen atoms in total. The van der Waals surface area contributed by atoms with Crippen molar-refractivity contribution in [2.24, 2.45) is 11.8 Å². The molecule has 18 heavy (non-hydrogen) atoms. The Labute approximate surface area is 110 Å². The maximum absolute atomic E-state index is 4.36. The molecule has 0 saturated carbocycles. The molecular weight excluding hydrogens is 224 g/mol. The van der Waals surface area contributed by atoms with Crippen LogP contribution in [0.4, 0.5) is 5.95 Å². The minimum Gasteiger partial charge on any atom is -0.354 e. The van der Waals surface area contributed by atoms with Crippen LogP contribution < -0.4 is 10.6 Å². The van der Waals surface area contributed by atoms with E-state index in [1.165, 1.54) is 24.9 Å². The lowest BCUT2D eigenvalue weighted by molar-refractivity contribution is 0.548. The van der Waals surface area contributed by atoms with Crippen molar-refractivity contribution in [1.29, 1.82) is 0 Å². The molecule has 0 aliphatic carbocycles. The van der Waals surface area contributed by atoms with Crippen molar-refractivity contribution in [3.8, 4) is 0 Å². The topological polar surface area (TPSA) is 49.8 Å². The predicted molar refractivity (Wildman–Crippen MR) is 74.7 cm³/mol. The van der Waals surface area contributed by atoms with E-state index in [-0.39, 0.29) is 0 Å². The summed E-state index contributed by atoms with van der Waals surface area (Å²) >= 11 is 0. The zero-order chi connectivity index (χ0) is 12.8. The zero-order valence-electron chi connectivity index (χ0n) is 11.4. The maximum atomic E-state index is 4.36. The lowest BCUT2D eigenvalue weighted by Gasteiger charge is -2.09. The summed E-state index contributed by atoms with van der Waals surface area (Å²) < 4.78 is 0. The molecule has 2 N–H and O–H groups in total. The molecule has 0 bridgehead atoms. The molecule has 4 heteroatoms. The summed E-state index contributed by atoms with van der Waals surface area (Å²) in [5.74, 6) is 2.23. The first kappa shape index (κ1) is 13.3. The highest BCUT2D eigenvalue weighted by molar-refractivity contribution is 5.24. The average molecular weight is 248 g/mol. The Hall–Kier alpha value is -1.16. The summed E-state index contributed by atoms with van der Waals surface area (Å²) in [6.45, 7) is 7.72. The van der Waals surface area contributed by atoms with Crippen LogP contribution in [0.15, 0.2) is 12.4 Å².